The molecular weight excluding hydrogens is 244 g/mol. The van der Waals surface area contributed by atoms with Crippen molar-refractivity contribution >= 4 is 10.9 Å². The third-order valence-electron chi connectivity index (χ3n) is 3.86. The molecule has 2 aromatic rings. The van der Waals surface area contributed by atoms with Crippen LogP contribution in [0.1, 0.15) is 46.6 Å². The first-order valence-corrected chi connectivity index (χ1v) is 7.72. The number of fused-ring (bicyclic) bond motifs is 1. The summed E-state index contributed by atoms with van der Waals surface area (Å²) in [5, 5.41) is 4.89. The van der Waals surface area contributed by atoms with E-state index in [1.807, 2.05) is 0 Å². The molecule has 1 atom stereocenters. The van der Waals surface area contributed by atoms with Crippen molar-refractivity contribution in [2.75, 3.05) is 0 Å². The van der Waals surface area contributed by atoms with Gasteiger partial charge >= 0.3 is 0 Å². The Morgan fingerprint density at radius 3 is 2.60 bits per heavy atom. The fourth-order valence-electron chi connectivity index (χ4n) is 2.35. The van der Waals surface area contributed by atoms with E-state index in [9.17, 15) is 0 Å². The van der Waals surface area contributed by atoms with Crippen LogP contribution in [0.2, 0.25) is 0 Å². The van der Waals surface area contributed by atoms with Gasteiger partial charge in [0.2, 0.25) is 0 Å². The standard InChI is InChI=1S/C18H28N2/c1-6-14(2)13-20-10-9-16-11-15(7-8-17(16)20)12-19-18(3,4)5/h7-11,14,19H,6,12-13H2,1-5H3. The summed E-state index contributed by atoms with van der Waals surface area (Å²) in [6.45, 7) is 13.2. The molecule has 110 valence electrons. The summed E-state index contributed by atoms with van der Waals surface area (Å²) in [5.41, 5.74) is 2.87. The first-order valence-electron chi connectivity index (χ1n) is 7.72. The lowest BCUT2D eigenvalue weighted by Crippen LogP contribution is -2.35. The van der Waals surface area contributed by atoms with E-state index in [-0.39, 0.29) is 5.54 Å². The normalized spacial score (nSPS) is 13.8. The minimum atomic E-state index is 0.164. The second-order valence-electron chi connectivity index (χ2n) is 6.98. The van der Waals surface area contributed by atoms with Crippen molar-refractivity contribution in [2.45, 2.75) is 59.7 Å². The van der Waals surface area contributed by atoms with Crippen LogP contribution < -0.4 is 5.32 Å². The van der Waals surface area contributed by atoms with Crippen molar-refractivity contribution in [2.24, 2.45) is 5.92 Å². The van der Waals surface area contributed by atoms with E-state index in [0.29, 0.717) is 0 Å². The van der Waals surface area contributed by atoms with Gasteiger partial charge in [-0.15, -0.1) is 0 Å². The number of aromatic nitrogens is 1. The molecule has 0 spiro atoms. The molecule has 0 aliphatic heterocycles. The number of nitrogens with one attached hydrogen (secondary N) is 1. The molecule has 0 bridgehead atoms. The molecule has 1 unspecified atom stereocenters. The number of hydrogen-bond donors (Lipinski definition) is 1. The third kappa shape index (κ3) is 3.86. The topological polar surface area (TPSA) is 17.0 Å². The summed E-state index contributed by atoms with van der Waals surface area (Å²) < 4.78 is 2.38. The molecule has 0 saturated heterocycles. The van der Waals surface area contributed by atoms with E-state index in [1.54, 1.807) is 0 Å². The number of nitrogens with zero attached hydrogens (tertiary/aromatic N) is 1. The highest BCUT2D eigenvalue weighted by atomic mass is 15.0. The second kappa shape index (κ2) is 6.01. The van der Waals surface area contributed by atoms with Crippen LogP contribution in [-0.4, -0.2) is 10.1 Å². The fraction of sp³-hybridized carbons (Fsp3) is 0.556. The predicted octanol–water partition coefficient (Wildman–Crippen LogP) is 4.58. The molecule has 20 heavy (non-hydrogen) atoms. The van der Waals surface area contributed by atoms with Crippen molar-refractivity contribution in [1.82, 2.24) is 9.88 Å². The summed E-state index contributed by atoms with van der Waals surface area (Å²) in [7, 11) is 0. The SMILES string of the molecule is CCC(C)Cn1ccc2cc(CNC(C)(C)C)ccc21. The monoisotopic (exact) mass is 272 g/mol. The van der Waals surface area contributed by atoms with Crippen LogP contribution in [0.15, 0.2) is 30.5 Å². The summed E-state index contributed by atoms with van der Waals surface area (Å²) in [4.78, 5) is 0. The second-order valence-corrected chi connectivity index (χ2v) is 6.98. The summed E-state index contributed by atoms with van der Waals surface area (Å²) in [6, 6.07) is 9.05. The van der Waals surface area contributed by atoms with Gasteiger partial charge in [-0.2, -0.15) is 0 Å². The molecule has 2 nitrogen and oxygen atoms in total. The number of hydrogen-bond acceptors (Lipinski definition) is 1. The molecule has 1 aromatic heterocycles. The maximum Gasteiger partial charge on any atom is 0.0480 e. The molecule has 0 radical (unpaired) electrons. The zero-order chi connectivity index (χ0) is 14.8. The zero-order valence-corrected chi connectivity index (χ0v) is 13.5. The van der Waals surface area contributed by atoms with Gasteiger partial charge in [-0.05, 0) is 55.8 Å². The van der Waals surface area contributed by atoms with Crippen LogP contribution in [-0.2, 0) is 13.1 Å². The Kier molecular flexibility index (Phi) is 4.54. The van der Waals surface area contributed by atoms with E-state index < -0.39 is 0 Å². The molecule has 1 heterocycles. The van der Waals surface area contributed by atoms with Gasteiger partial charge in [-0.1, -0.05) is 26.3 Å². The van der Waals surface area contributed by atoms with Gasteiger partial charge in [-0.3, -0.25) is 0 Å². The fourth-order valence-corrected chi connectivity index (χ4v) is 2.35. The van der Waals surface area contributed by atoms with Gasteiger partial charge in [0.25, 0.3) is 0 Å². The predicted molar refractivity (Wildman–Crippen MR) is 88.0 cm³/mol. The van der Waals surface area contributed by atoms with Gasteiger partial charge in [0, 0.05) is 30.3 Å². The van der Waals surface area contributed by atoms with Crippen LogP contribution in [0, 0.1) is 5.92 Å². The van der Waals surface area contributed by atoms with Crippen LogP contribution in [0.4, 0.5) is 0 Å². The molecule has 2 rings (SSSR count). The van der Waals surface area contributed by atoms with Gasteiger partial charge in [0.15, 0.2) is 0 Å². The quantitative estimate of drug-likeness (QED) is 0.843. The molecule has 0 amide bonds. The lowest BCUT2D eigenvalue weighted by atomic mass is 10.1. The van der Waals surface area contributed by atoms with E-state index >= 15 is 0 Å². The smallest absolute Gasteiger partial charge is 0.0480 e. The van der Waals surface area contributed by atoms with Gasteiger partial charge in [-0.25, -0.2) is 0 Å². The average Bonchev–Trinajstić information content (AvgIpc) is 2.78. The van der Waals surface area contributed by atoms with Gasteiger partial charge < -0.3 is 9.88 Å². The molecule has 2 heteroatoms. The Morgan fingerprint density at radius 1 is 1.20 bits per heavy atom. The minimum absolute atomic E-state index is 0.164. The third-order valence-corrected chi connectivity index (χ3v) is 3.86. The van der Waals surface area contributed by atoms with Crippen LogP contribution in [0.5, 0.6) is 0 Å². The average molecular weight is 272 g/mol. The van der Waals surface area contributed by atoms with E-state index in [0.717, 1.165) is 19.0 Å². The van der Waals surface area contributed by atoms with Crippen LogP contribution in [0.25, 0.3) is 10.9 Å². The van der Waals surface area contributed by atoms with Gasteiger partial charge in [0.1, 0.15) is 0 Å². The highest BCUT2D eigenvalue weighted by molar-refractivity contribution is 5.80. The molecular formula is C18H28N2. The van der Waals surface area contributed by atoms with Crippen LogP contribution >= 0.6 is 0 Å². The minimum Gasteiger partial charge on any atom is -0.347 e. The van der Waals surface area contributed by atoms with E-state index in [1.165, 1.54) is 22.9 Å². The van der Waals surface area contributed by atoms with E-state index in [4.69, 9.17) is 0 Å². The number of benzene rings is 1. The number of rotatable bonds is 5. The molecule has 0 aliphatic rings. The Balaban J connectivity index is 2.15. The Hall–Kier alpha value is -1.28. The first-order chi connectivity index (χ1) is 9.39. The van der Waals surface area contributed by atoms with Gasteiger partial charge in [0.05, 0.1) is 0 Å². The summed E-state index contributed by atoms with van der Waals surface area (Å²) in [6.07, 6.45) is 3.45. The van der Waals surface area contributed by atoms with Crippen LogP contribution in [0.3, 0.4) is 0 Å². The van der Waals surface area contributed by atoms with Crippen molar-refractivity contribution in [3.63, 3.8) is 0 Å². The van der Waals surface area contributed by atoms with Crippen molar-refractivity contribution in [3.8, 4) is 0 Å². The Morgan fingerprint density at radius 2 is 1.95 bits per heavy atom. The molecule has 1 aromatic carbocycles. The Labute approximate surface area is 123 Å². The zero-order valence-electron chi connectivity index (χ0n) is 13.5. The molecule has 0 saturated carbocycles. The lowest BCUT2D eigenvalue weighted by Gasteiger charge is -2.20. The maximum atomic E-state index is 3.54. The molecule has 0 fully saturated rings. The van der Waals surface area contributed by atoms with E-state index in [2.05, 4.69) is 75.0 Å². The highest BCUT2D eigenvalue weighted by Gasteiger charge is 2.09. The highest BCUT2D eigenvalue weighted by Crippen LogP contribution is 2.20. The first kappa shape index (κ1) is 15.1. The largest absolute Gasteiger partial charge is 0.347 e. The van der Waals surface area contributed by atoms with Crippen molar-refractivity contribution in [3.05, 3.63) is 36.0 Å². The summed E-state index contributed by atoms with van der Waals surface area (Å²) >= 11 is 0. The summed E-state index contributed by atoms with van der Waals surface area (Å²) in [5.74, 6) is 0.729. The Bertz CT molecular complexity index is 560. The molecule has 1 N–H and O–H groups in total. The van der Waals surface area contributed by atoms with Crippen molar-refractivity contribution in [1.29, 1.82) is 0 Å². The maximum absolute atomic E-state index is 3.54. The molecule has 0 aliphatic carbocycles. The van der Waals surface area contributed by atoms with Crippen molar-refractivity contribution < 1.29 is 0 Å². The lowest BCUT2D eigenvalue weighted by molar-refractivity contribution is 0.424.